The van der Waals surface area contributed by atoms with Crippen LogP contribution in [-0.2, 0) is 4.79 Å². The minimum atomic E-state index is -0.362. The van der Waals surface area contributed by atoms with E-state index < -0.39 is 0 Å². The molecule has 0 aliphatic heterocycles. The van der Waals surface area contributed by atoms with E-state index in [1.807, 2.05) is 0 Å². The highest BCUT2D eigenvalue weighted by atomic mass is 32.1. The van der Waals surface area contributed by atoms with Crippen molar-refractivity contribution in [3.8, 4) is 0 Å². The van der Waals surface area contributed by atoms with Gasteiger partial charge in [0.25, 0.3) is 0 Å². The maximum absolute atomic E-state index is 11.8. The van der Waals surface area contributed by atoms with Crippen LogP contribution in [0, 0.1) is 5.92 Å². The van der Waals surface area contributed by atoms with Gasteiger partial charge in [-0.15, -0.1) is 0 Å². The molecule has 1 unspecified atom stereocenters. The van der Waals surface area contributed by atoms with Gasteiger partial charge in [0, 0.05) is 5.54 Å². The monoisotopic (exact) mass is 228 g/mol. The Labute approximate surface area is 96.8 Å². The van der Waals surface area contributed by atoms with Crippen LogP contribution in [0.4, 0.5) is 0 Å². The van der Waals surface area contributed by atoms with Gasteiger partial charge in [0.1, 0.15) is 0 Å². The summed E-state index contributed by atoms with van der Waals surface area (Å²) in [6, 6.07) is 0. The van der Waals surface area contributed by atoms with Crippen LogP contribution in [-0.4, -0.2) is 16.4 Å². The maximum atomic E-state index is 11.8. The molecule has 86 valence electrons. The number of nitrogens with one attached hydrogen (secondary N) is 1. The largest absolute Gasteiger partial charge is 0.393 e. The van der Waals surface area contributed by atoms with E-state index >= 15 is 0 Å². The fraction of sp³-hybridized carbons (Fsp3) is 0.818. The molecule has 0 spiro atoms. The van der Waals surface area contributed by atoms with E-state index in [-0.39, 0.29) is 22.4 Å². The van der Waals surface area contributed by atoms with Crippen LogP contribution in [0.3, 0.4) is 0 Å². The third kappa shape index (κ3) is 3.45. The second-order valence-corrected chi connectivity index (χ2v) is 5.21. The smallest absolute Gasteiger partial charge is 0.230 e. The van der Waals surface area contributed by atoms with Gasteiger partial charge in [-0.25, -0.2) is 0 Å². The molecule has 1 aliphatic rings. The number of thiocarbonyl (C=S) groups is 1. The molecule has 15 heavy (non-hydrogen) atoms. The molecule has 0 bridgehead atoms. The van der Waals surface area contributed by atoms with Gasteiger partial charge in [-0.1, -0.05) is 31.5 Å². The molecule has 1 atom stereocenters. The molecular formula is C11H20N2OS. The second kappa shape index (κ2) is 4.92. The minimum absolute atomic E-state index is 0.0353. The number of nitrogens with two attached hydrogens (primary N) is 1. The number of rotatable bonds is 3. The predicted octanol–water partition coefficient (Wildman–Crippen LogP) is 1.75. The molecule has 0 aromatic heterocycles. The average Bonchev–Trinajstić information content (AvgIpc) is 2.16. The zero-order valence-corrected chi connectivity index (χ0v) is 10.3. The number of carbonyl (C=O) groups is 1. The van der Waals surface area contributed by atoms with Crippen LogP contribution in [0.25, 0.3) is 0 Å². The summed E-state index contributed by atoms with van der Waals surface area (Å²) in [5.41, 5.74) is 5.41. The molecule has 3 nitrogen and oxygen atoms in total. The van der Waals surface area contributed by atoms with Crippen molar-refractivity contribution in [2.75, 3.05) is 0 Å². The molecular weight excluding hydrogens is 208 g/mol. The van der Waals surface area contributed by atoms with E-state index in [0.717, 1.165) is 12.8 Å². The van der Waals surface area contributed by atoms with E-state index in [4.69, 9.17) is 18.0 Å². The molecule has 0 heterocycles. The van der Waals surface area contributed by atoms with E-state index in [1.54, 1.807) is 6.92 Å². The van der Waals surface area contributed by atoms with Gasteiger partial charge in [0.15, 0.2) is 0 Å². The topological polar surface area (TPSA) is 55.1 Å². The van der Waals surface area contributed by atoms with Gasteiger partial charge < -0.3 is 11.1 Å². The first-order chi connectivity index (χ1) is 6.94. The summed E-state index contributed by atoms with van der Waals surface area (Å²) in [4.78, 5) is 12.0. The standard InChI is InChI=1S/C11H20N2OS/c1-8(9(12)15)10(14)13-11(2)6-4-3-5-7-11/h8H,3-7H2,1-2H3,(H2,12,15)(H,13,14). The molecule has 1 amide bonds. The van der Waals surface area contributed by atoms with E-state index in [2.05, 4.69) is 12.2 Å². The Morgan fingerprint density at radius 3 is 2.40 bits per heavy atom. The van der Waals surface area contributed by atoms with Crippen LogP contribution in [0.2, 0.25) is 0 Å². The van der Waals surface area contributed by atoms with Crippen molar-refractivity contribution in [1.29, 1.82) is 0 Å². The predicted molar refractivity (Wildman–Crippen MR) is 65.6 cm³/mol. The van der Waals surface area contributed by atoms with Gasteiger partial charge in [0.2, 0.25) is 5.91 Å². The third-order valence-electron chi connectivity index (χ3n) is 3.20. The summed E-state index contributed by atoms with van der Waals surface area (Å²) in [6.07, 6.45) is 5.78. The summed E-state index contributed by atoms with van der Waals surface area (Å²) >= 11 is 4.82. The van der Waals surface area contributed by atoms with Crippen molar-refractivity contribution in [3.63, 3.8) is 0 Å². The van der Waals surface area contributed by atoms with E-state index in [0.29, 0.717) is 0 Å². The van der Waals surface area contributed by atoms with Crippen molar-refractivity contribution in [2.45, 2.75) is 51.5 Å². The fourth-order valence-corrected chi connectivity index (χ4v) is 2.10. The first-order valence-corrected chi connectivity index (χ1v) is 5.97. The highest BCUT2D eigenvalue weighted by Crippen LogP contribution is 2.27. The van der Waals surface area contributed by atoms with Crippen LogP contribution in [0.15, 0.2) is 0 Å². The van der Waals surface area contributed by atoms with Gasteiger partial charge in [-0.05, 0) is 26.7 Å². The second-order valence-electron chi connectivity index (χ2n) is 4.73. The quantitative estimate of drug-likeness (QED) is 0.724. The lowest BCUT2D eigenvalue weighted by molar-refractivity contribution is -0.124. The Morgan fingerprint density at radius 2 is 1.93 bits per heavy atom. The molecule has 1 fully saturated rings. The summed E-state index contributed by atoms with van der Waals surface area (Å²) in [7, 11) is 0. The van der Waals surface area contributed by atoms with Gasteiger partial charge >= 0.3 is 0 Å². The molecule has 1 aliphatic carbocycles. The van der Waals surface area contributed by atoms with E-state index in [1.165, 1.54) is 19.3 Å². The lowest BCUT2D eigenvalue weighted by atomic mass is 9.83. The molecule has 3 N–H and O–H groups in total. The van der Waals surface area contributed by atoms with Crippen LogP contribution in [0.5, 0.6) is 0 Å². The summed E-state index contributed by atoms with van der Waals surface area (Å²) in [5, 5.41) is 3.07. The lowest BCUT2D eigenvalue weighted by Crippen LogP contribution is -2.50. The van der Waals surface area contributed by atoms with Crippen molar-refractivity contribution >= 4 is 23.1 Å². The number of amides is 1. The lowest BCUT2D eigenvalue weighted by Gasteiger charge is -2.35. The number of hydrogen-bond acceptors (Lipinski definition) is 2. The zero-order chi connectivity index (χ0) is 11.5. The Balaban J connectivity index is 2.52. The molecule has 1 saturated carbocycles. The SMILES string of the molecule is CC(C(=O)NC1(C)CCCCC1)C(N)=S. The molecule has 0 radical (unpaired) electrons. The minimum Gasteiger partial charge on any atom is -0.393 e. The molecule has 0 aromatic carbocycles. The van der Waals surface area contributed by atoms with Crippen molar-refractivity contribution in [1.82, 2.24) is 5.32 Å². The highest BCUT2D eigenvalue weighted by molar-refractivity contribution is 7.80. The third-order valence-corrected chi connectivity index (χ3v) is 3.56. The average molecular weight is 228 g/mol. The fourth-order valence-electron chi connectivity index (χ4n) is 1.99. The Bertz CT molecular complexity index is 259. The first-order valence-electron chi connectivity index (χ1n) is 5.56. The summed E-state index contributed by atoms with van der Waals surface area (Å²) < 4.78 is 0. The van der Waals surface area contributed by atoms with Crippen molar-refractivity contribution in [3.05, 3.63) is 0 Å². The zero-order valence-electron chi connectivity index (χ0n) is 9.51. The van der Waals surface area contributed by atoms with Gasteiger partial charge in [0.05, 0.1) is 10.9 Å². The Hall–Kier alpha value is -0.640. The Morgan fingerprint density at radius 1 is 1.40 bits per heavy atom. The first kappa shape index (κ1) is 12.4. The molecule has 0 aromatic rings. The van der Waals surface area contributed by atoms with Crippen molar-refractivity contribution < 1.29 is 4.79 Å². The summed E-state index contributed by atoms with van der Waals surface area (Å²) in [6.45, 7) is 3.86. The number of carbonyl (C=O) groups excluding carboxylic acids is 1. The normalized spacial score (nSPS) is 21.7. The van der Waals surface area contributed by atoms with Crippen molar-refractivity contribution in [2.24, 2.45) is 11.7 Å². The summed E-state index contributed by atoms with van der Waals surface area (Å²) in [5.74, 6) is -0.398. The maximum Gasteiger partial charge on any atom is 0.230 e. The van der Waals surface area contributed by atoms with Crippen LogP contribution >= 0.6 is 12.2 Å². The molecule has 4 heteroatoms. The van der Waals surface area contributed by atoms with Crippen LogP contribution < -0.4 is 11.1 Å². The van der Waals surface area contributed by atoms with E-state index in [9.17, 15) is 4.79 Å². The Kier molecular flexibility index (Phi) is 4.08. The number of hydrogen-bond donors (Lipinski definition) is 2. The molecule has 1 rings (SSSR count). The molecule has 0 saturated heterocycles. The highest BCUT2D eigenvalue weighted by Gasteiger charge is 2.30. The van der Waals surface area contributed by atoms with Gasteiger partial charge in [-0.2, -0.15) is 0 Å². The van der Waals surface area contributed by atoms with Gasteiger partial charge in [-0.3, -0.25) is 4.79 Å². The van der Waals surface area contributed by atoms with Crippen LogP contribution in [0.1, 0.15) is 46.0 Å².